The molecule has 2 aromatic carbocycles. The van der Waals surface area contributed by atoms with Gasteiger partial charge in [0.25, 0.3) is 0 Å². The van der Waals surface area contributed by atoms with E-state index in [1.54, 1.807) is 12.1 Å². The van der Waals surface area contributed by atoms with Gasteiger partial charge >= 0.3 is 5.91 Å². The zero-order valence-electron chi connectivity index (χ0n) is 16.0. The third-order valence-corrected chi connectivity index (χ3v) is 4.80. The molecule has 28 heavy (non-hydrogen) atoms. The fourth-order valence-corrected chi connectivity index (χ4v) is 3.48. The van der Waals surface area contributed by atoms with Crippen molar-refractivity contribution in [1.82, 2.24) is 5.06 Å². The highest BCUT2D eigenvalue weighted by atomic mass is 16.8. The molecule has 148 valence electrons. The lowest BCUT2D eigenvalue weighted by atomic mass is 9.85. The Kier molecular flexibility index (Phi) is 5.51. The molecular formula is C21H23NO6. The minimum absolute atomic E-state index is 0.0718. The molecule has 0 aromatic heterocycles. The van der Waals surface area contributed by atoms with Gasteiger partial charge in [0.05, 0.1) is 6.61 Å². The Morgan fingerprint density at radius 2 is 1.93 bits per heavy atom. The number of hydrogen-bond acceptors (Lipinski definition) is 6. The molecule has 0 saturated heterocycles. The van der Waals surface area contributed by atoms with Crippen molar-refractivity contribution in [3.05, 3.63) is 64.7 Å². The standard InChI is InChI=1S/C21H23NO6/c1-4-14-6-5-7-16-12-27-19(15-8-10-17(24)11-9-15)21(26,18(14)16)28-22(3)20(25)13(2)23/h5-11,19,24,26H,4,12H2,1-3H3. The predicted octanol–water partition coefficient (Wildman–Crippen LogP) is 2.35. The quantitative estimate of drug-likeness (QED) is 0.466. The number of aryl methyl sites for hydroxylation is 1. The topological polar surface area (TPSA) is 96.3 Å². The molecular weight excluding hydrogens is 362 g/mol. The molecule has 7 heteroatoms. The number of likely N-dealkylation sites (N-methyl/N-ethyl adjacent to an activating group) is 1. The molecule has 0 aliphatic carbocycles. The molecule has 0 radical (unpaired) electrons. The smallest absolute Gasteiger partial charge is 0.313 e. The number of hydroxylamine groups is 2. The van der Waals surface area contributed by atoms with Gasteiger partial charge in [-0.15, -0.1) is 0 Å². The average Bonchev–Trinajstić information content (AvgIpc) is 2.67. The number of benzene rings is 2. The Hall–Kier alpha value is -2.74. The average molecular weight is 385 g/mol. The Balaban J connectivity index is 2.13. The van der Waals surface area contributed by atoms with Gasteiger partial charge in [-0.2, -0.15) is 0 Å². The molecule has 3 rings (SSSR count). The van der Waals surface area contributed by atoms with E-state index in [9.17, 15) is 19.8 Å². The Bertz CT molecular complexity index is 880. The molecule has 0 fully saturated rings. The third kappa shape index (κ3) is 3.52. The van der Waals surface area contributed by atoms with Crippen LogP contribution in [-0.4, -0.2) is 34.0 Å². The third-order valence-electron chi connectivity index (χ3n) is 4.80. The van der Waals surface area contributed by atoms with Crippen molar-refractivity contribution in [2.24, 2.45) is 0 Å². The summed E-state index contributed by atoms with van der Waals surface area (Å²) < 4.78 is 5.91. The lowest BCUT2D eigenvalue weighted by Crippen LogP contribution is -2.48. The monoisotopic (exact) mass is 385 g/mol. The maximum Gasteiger partial charge on any atom is 0.313 e. The molecule has 1 amide bonds. The normalized spacial score (nSPS) is 21.1. The minimum Gasteiger partial charge on any atom is -0.508 e. The summed E-state index contributed by atoms with van der Waals surface area (Å²) in [5.74, 6) is -3.58. The van der Waals surface area contributed by atoms with Gasteiger partial charge in [-0.05, 0) is 35.2 Å². The van der Waals surface area contributed by atoms with E-state index in [2.05, 4.69) is 0 Å². The highest BCUT2D eigenvalue weighted by molar-refractivity contribution is 6.34. The van der Waals surface area contributed by atoms with E-state index >= 15 is 0 Å². The molecule has 2 unspecified atom stereocenters. The van der Waals surface area contributed by atoms with Crippen LogP contribution in [0, 0.1) is 0 Å². The second-order valence-corrected chi connectivity index (χ2v) is 6.73. The molecule has 0 bridgehead atoms. The van der Waals surface area contributed by atoms with Crippen LogP contribution in [0.4, 0.5) is 0 Å². The first kappa shape index (κ1) is 20.0. The number of hydrogen-bond donors (Lipinski definition) is 2. The summed E-state index contributed by atoms with van der Waals surface area (Å²) in [6.45, 7) is 3.32. The molecule has 0 saturated carbocycles. The molecule has 1 aliphatic rings. The lowest BCUT2D eigenvalue weighted by molar-refractivity contribution is -0.364. The van der Waals surface area contributed by atoms with Crippen LogP contribution in [0.15, 0.2) is 42.5 Å². The van der Waals surface area contributed by atoms with E-state index in [0.717, 1.165) is 23.1 Å². The van der Waals surface area contributed by atoms with Gasteiger partial charge in [0.1, 0.15) is 11.9 Å². The molecule has 1 aliphatic heterocycles. The number of aromatic hydroxyl groups is 1. The maximum atomic E-state index is 12.1. The van der Waals surface area contributed by atoms with Crippen molar-refractivity contribution in [2.75, 3.05) is 7.05 Å². The first-order valence-electron chi connectivity index (χ1n) is 8.99. The van der Waals surface area contributed by atoms with Crippen molar-refractivity contribution >= 4 is 11.7 Å². The highest BCUT2D eigenvalue weighted by Crippen LogP contribution is 2.46. The summed E-state index contributed by atoms with van der Waals surface area (Å²) in [4.78, 5) is 29.3. The second-order valence-electron chi connectivity index (χ2n) is 6.73. The van der Waals surface area contributed by atoms with Gasteiger partial charge < -0.3 is 14.9 Å². The van der Waals surface area contributed by atoms with Crippen LogP contribution in [0.25, 0.3) is 0 Å². The summed E-state index contributed by atoms with van der Waals surface area (Å²) in [6, 6.07) is 11.7. The van der Waals surface area contributed by atoms with E-state index in [1.165, 1.54) is 19.2 Å². The van der Waals surface area contributed by atoms with Gasteiger partial charge in [0.2, 0.25) is 11.6 Å². The number of Topliss-reactive ketones (excluding diaryl/α,β-unsaturated/α-hetero) is 1. The number of phenolic OH excluding ortho intramolecular Hbond substituents is 1. The molecule has 2 atom stereocenters. The van der Waals surface area contributed by atoms with Crippen LogP contribution >= 0.6 is 0 Å². The zero-order valence-corrected chi connectivity index (χ0v) is 16.0. The summed E-state index contributed by atoms with van der Waals surface area (Å²) >= 11 is 0. The van der Waals surface area contributed by atoms with E-state index < -0.39 is 23.6 Å². The first-order chi connectivity index (χ1) is 13.3. The number of aliphatic hydroxyl groups is 1. The van der Waals surface area contributed by atoms with Crippen LogP contribution in [0.5, 0.6) is 5.75 Å². The van der Waals surface area contributed by atoms with Crippen LogP contribution in [0.2, 0.25) is 0 Å². The molecule has 2 N–H and O–H groups in total. The number of carbonyl (C=O) groups is 2. The number of fused-ring (bicyclic) bond motifs is 1. The molecule has 1 heterocycles. The number of ketones is 1. The van der Waals surface area contributed by atoms with Crippen molar-refractivity contribution in [3.63, 3.8) is 0 Å². The number of rotatable bonds is 5. The summed E-state index contributed by atoms with van der Waals surface area (Å²) in [7, 11) is 1.28. The van der Waals surface area contributed by atoms with Crippen molar-refractivity contribution in [1.29, 1.82) is 0 Å². The first-order valence-corrected chi connectivity index (χ1v) is 8.99. The predicted molar refractivity (Wildman–Crippen MR) is 99.9 cm³/mol. The largest absolute Gasteiger partial charge is 0.508 e. The van der Waals surface area contributed by atoms with Crippen molar-refractivity contribution in [2.45, 2.75) is 38.8 Å². The number of phenols is 1. The van der Waals surface area contributed by atoms with Gasteiger partial charge in [-0.25, -0.2) is 9.90 Å². The van der Waals surface area contributed by atoms with Crippen LogP contribution < -0.4 is 0 Å². The van der Waals surface area contributed by atoms with Crippen molar-refractivity contribution < 1.29 is 29.4 Å². The molecule has 2 aromatic rings. The van der Waals surface area contributed by atoms with Crippen molar-refractivity contribution in [3.8, 4) is 5.75 Å². The lowest BCUT2D eigenvalue weighted by Gasteiger charge is -2.43. The Morgan fingerprint density at radius 3 is 2.54 bits per heavy atom. The van der Waals surface area contributed by atoms with E-state index in [0.29, 0.717) is 17.5 Å². The Labute approximate surface area is 163 Å². The number of amides is 1. The summed E-state index contributed by atoms with van der Waals surface area (Å²) in [6.07, 6.45) is -0.350. The minimum atomic E-state index is -2.04. The van der Waals surface area contributed by atoms with Gasteiger partial charge in [0.15, 0.2) is 0 Å². The highest BCUT2D eigenvalue weighted by Gasteiger charge is 2.49. The van der Waals surface area contributed by atoms with E-state index in [-0.39, 0.29) is 12.4 Å². The number of carbonyl (C=O) groups excluding carboxylic acids is 2. The van der Waals surface area contributed by atoms with E-state index in [1.807, 2.05) is 25.1 Å². The summed E-state index contributed by atoms with van der Waals surface area (Å²) in [5, 5.41) is 22.0. The van der Waals surface area contributed by atoms with Crippen LogP contribution in [0.3, 0.4) is 0 Å². The van der Waals surface area contributed by atoms with Gasteiger partial charge in [0, 0.05) is 19.5 Å². The van der Waals surface area contributed by atoms with Crippen LogP contribution in [0.1, 0.15) is 42.2 Å². The number of ether oxygens (including phenoxy) is 1. The van der Waals surface area contributed by atoms with Gasteiger partial charge in [-0.3, -0.25) is 9.59 Å². The molecule has 0 spiro atoms. The van der Waals surface area contributed by atoms with Gasteiger partial charge in [-0.1, -0.05) is 37.3 Å². The van der Waals surface area contributed by atoms with E-state index in [4.69, 9.17) is 9.57 Å². The zero-order chi connectivity index (χ0) is 20.5. The molecule has 7 nitrogen and oxygen atoms in total. The Morgan fingerprint density at radius 1 is 1.25 bits per heavy atom. The maximum absolute atomic E-state index is 12.1. The number of nitrogens with zero attached hydrogens (tertiary/aromatic N) is 1. The van der Waals surface area contributed by atoms with Crippen LogP contribution in [-0.2, 0) is 38.0 Å². The fourth-order valence-electron chi connectivity index (χ4n) is 3.48. The summed E-state index contributed by atoms with van der Waals surface area (Å²) in [5.41, 5.74) is 2.65. The fraction of sp³-hybridized carbons (Fsp3) is 0.333. The second kappa shape index (κ2) is 7.71. The SMILES string of the molecule is CCc1cccc2c1C(O)(ON(C)C(=O)C(C)=O)C(c1ccc(O)cc1)OC2.